The van der Waals surface area contributed by atoms with Gasteiger partial charge in [0.15, 0.2) is 0 Å². The molecule has 2 aromatic rings. The summed E-state index contributed by atoms with van der Waals surface area (Å²) in [6.07, 6.45) is 3.39. The zero-order valence-corrected chi connectivity index (χ0v) is 12.2. The molecule has 3 unspecified atom stereocenters. The second kappa shape index (κ2) is 4.74. The van der Waals surface area contributed by atoms with Crippen LogP contribution in [0.3, 0.4) is 0 Å². The second-order valence-corrected chi connectivity index (χ2v) is 6.15. The summed E-state index contributed by atoms with van der Waals surface area (Å²) in [5.74, 6) is 0.513. The molecular formula is C19H20N2. The zero-order valence-electron chi connectivity index (χ0n) is 12.2. The summed E-state index contributed by atoms with van der Waals surface area (Å²) in [7, 11) is 0. The van der Waals surface area contributed by atoms with Crippen LogP contribution >= 0.6 is 0 Å². The van der Waals surface area contributed by atoms with Crippen molar-refractivity contribution in [2.75, 3.05) is 4.90 Å². The first-order valence-electron chi connectivity index (χ1n) is 7.66. The van der Waals surface area contributed by atoms with E-state index in [9.17, 15) is 0 Å². The van der Waals surface area contributed by atoms with Gasteiger partial charge < -0.3 is 10.6 Å². The van der Waals surface area contributed by atoms with Crippen LogP contribution in [0.25, 0.3) is 5.57 Å². The highest BCUT2D eigenvalue weighted by molar-refractivity contribution is 5.92. The Morgan fingerprint density at radius 2 is 1.71 bits per heavy atom. The van der Waals surface area contributed by atoms with Gasteiger partial charge in [0.1, 0.15) is 0 Å². The fraction of sp³-hybridized carbons (Fsp3) is 0.263. The van der Waals surface area contributed by atoms with E-state index in [1.165, 1.54) is 22.5 Å². The number of nitrogens with zero attached hydrogens (tertiary/aromatic N) is 1. The lowest BCUT2D eigenvalue weighted by Crippen LogP contribution is -2.38. The van der Waals surface area contributed by atoms with Crippen molar-refractivity contribution in [2.45, 2.75) is 25.4 Å². The quantitative estimate of drug-likeness (QED) is 0.854. The van der Waals surface area contributed by atoms with Gasteiger partial charge in [-0.3, -0.25) is 0 Å². The highest BCUT2D eigenvalue weighted by Gasteiger charge is 2.38. The van der Waals surface area contributed by atoms with Crippen LogP contribution in [-0.2, 0) is 0 Å². The summed E-state index contributed by atoms with van der Waals surface area (Å²) in [5.41, 5.74) is 11.6. The minimum absolute atomic E-state index is 0.167. The number of benzene rings is 2. The van der Waals surface area contributed by atoms with E-state index in [1.54, 1.807) is 0 Å². The summed E-state index contributed by atoms with van der Waals surface area (Å²) in [5, 5.41) is 0. The van der Waals surface area contributed by atoms with Crippen molar-refractivity contribution in [2.24, 2.45) is 11.7 Å². The third kappa shape index (κ3) is 1.90. The molecule has 0 bridgehead atoms. The van der Waals surface area contributed by atoms with E-state index in [0.29, 0.717) is 12.0 Å². The first kappa shape index (κ1) is 12.7. The van der Waals surface area contributed by atoms with Gasteiger partial charge in [-0.05, 0) is 36.1 Å². The Hall–Kier alpha value is -2.06. The van der Waals surface area contributed by atoms with Crippen molar-refractivity contribution in [1.29, 1.82) is 0 Å². The van der Waals surface area contributed by atoms with Gasteiger partial charge in [-0.1, -0.05) is 49.4 Å². The normalized spacial score (nSPS) is 27.0. The predicted molar refractivity (Wildman–Crippen MR) is 88.5 cm³/mol. The molecule has 2 aromatic carbocycles. The SMILES string of the molecule is CC1CC2C(=CC1N)c1ccccc1N2c1ccccc1. The molecule has 1 heterocycles. The lowest BCUT2D eigenvalue weighted by molar-refractivity contribution is 0.446. The average molecular weight is 276 g/mol. The minimum atomic E-state index is 0.167. The number of hydrogen-bond acceptors (Lipinski definition) is 2. The van der Waals surface area contributed by atoms with Crippen LogP contribution < -0.4 is 10.6 Å². The van der Waals surface area contributed by atoms with Crippen molar-refractivity contribution in [3.63, 3.8) is 0 Å². The molecule has 1 aliphatic heterocycles. The maximum atomic E-state index is 6.28. The van der Waals surface area contributed by atoms with Gasteiger partial charge >= 0.3 is 0 Å². The van der Waals surface area contributed by atoms with Crippen LogP contribution in [0.15, 0.2) is 60.7 Å². The maximum absolute atomic E-state index is 6.28. The molecule has 2 aliphatic rings. The van der Waals surface area contributed by atoms with Gasteiger partial charge in [-0.15, -0.1) is 0 Å². The van der Waals surface area contributed by atoms with E-state index >= 15 is 0 Å². The molecule has 0 saturated carbocycles. The molecule has 2 nitrogen and oxygen atoms in total. The maximum Gasteiger partial charge on any atom is 0.0599 e. The minimum Gasteiger partial charge on any atom is -0.333 e. The summed E-state index contributed by atoms with van der Waals surface area (Å²) in [6, 6.07) is 19.9. The van der Waals surface area contributed by atoms with Crippen LogP contribution in [0, 0.1) is 5.92 Å². The number of anilines is 2. The van der Waals surface area contributed by atoms with Crippen molar-refractivity contribution >= 4 is 16.9 Å². The van der Waals surface area contributed by atoms with Crippen LogP contribution in [0.2, 0.25) is 0 Å². The highest BCUT2D eigenvalue weighted by atomic mass is 15.2. The van der Waals surface area contributed by atoms with Crippen molar-refractivity contribution in [3.8, 4) is 0 Å². The molecule has 106 valence electrons. The topological polar surface area (TPSA) is 29.3 Å². The summed E-state index contributed by atoms with van der Waals surface area (Å²) in [4.78, 5) is 2.48. The van der Waals surface area contributed by atoms with E-state index < -0.39 is 0 Å². The first-order valence-corrected chi connectivity index (χ1v) is 7.66. The number of hydrogen-bond donors (Lipinski definition) is 1. The molecular weight excluding hydrogens is 256 g/mol. The molecule has 1 aliphatic carbocycles. The van der Waals surface area contributed by atoms with Gasteiger partial charge in [0.05, 0.1) is 6.04 Å². The van der Waals surface area contributed by atoms with Crippen molar-refractivity contribution in [3.05, 3.63) is 66.2 Å². The predicted octanol–water partition coefficient (Wildman–Crippen LogP) is 3.96. The van der Waals surface area contributed by atoms with E-state index in [0.717, 1.165) is 6.42 Å². The van der Waals surface area contributed by atoms with Crippen LogP contribution in [-0.4, -0.2) is 12.1 Å². The Kier molecular flexibility index (Phi) is 2.86. The zero-order chi connectivity index (χ0) is 14.4. The molecule has 0 fully saturated rings. The number of nitrogens with two attached hydrogens (primary N) is 1. The Morgan fingerprint density at radius 3 is 2.52 bits per heavy atom. The van der Waals surface area contributed by atoms with Gasteiger partial charge in [0, 0.05) is 23.0 Å². The van der Waals surface area contributed by atoms with Crippen LogP contribution in [0.5, 0.6) is 0 Å². The number of rotatable bonds is 1. The summed E-state index contributed by atoms with van der Waals surface area (Å²) < 4.78 is 0. The standard InChI is InChI=1S/C19H20N2/c1-13-11-19-16(12-17(13)20)15-9-5-6-10-18(15)21(19)14-7-3-2-4-8-14/h2-10,12-13,17,19H,11,20H2,1H3. The summed E-state index contributed by atoms with van der Waals surface area (Å²) in [6.45, 7) is 2.25. The molecule has 21 heavy (non-hydrogen) atoms. The van der Waals surface area contributed by atoms with Crippen molar-refractivity contribution in [1.82, 2.24) is 0 Å². The van der Waals surface area contributed by atoms with Crippen LogP contribution in [0.4, 0.5) is 11.4 Å². The molecule has 2 heteroatoms. The molecule has 0 amide bonds. The molecule has 3 atom stereocenters. The number of fused-ring (bicyclic) bond motifs is 3. The summed E-state index contributed by atoms with van der Waals surface area (Å²) >= 11 is 0. The molecule has 4 rings (SSSR count). The fourth-order valence-corrected chi connectivity index (χ4v) is 3.64. The lowest BCUT2D eigenvalue weighted by Gasteiger charge is -2.34. The monoisotopic (exact) mass is 276 g/mol. The van der Waals surface area contributed by atoms with E-state index in [4.69, 9.17) is 5.73 Å². The third-order valence-corrected chi connectivity index (χ3v) is 4.80. The second-order valence-electron chi connectivity index (χ2n) is 6.15. The molecule has 2 N–H and O–H groups in total. The highest BCUT2D eigenvalue weighted by Crippen LogP contribution is 2.48. The molecule has 0 aromatic heterocycles. The van der Waals surface area contributed by atoms with E-state index in [2.05, 4.69) is 72.5 Å². The van der Waals surface area contributed by atoms with E-state index in [-0.39, 0.29) is 6.04 Å². The van der Waals surface area contributed by atoms with Gasteiger partial charge in [0.2, 0.25) is 0 Å². The van der Waals surface area contributed by atoms with Crippen LogP contribution in [0.1, 0.15) is 18.9 Å². The Bertz CT molecular complexity index is 690. The smallest absolute Gasteiger partial charge is 0.0599 e. The van der Waals surface area contributed by atoms with Gasteiger partial charge in [0.25, 0.3) is 0 Å². The Labute approximate surface area is 125 Å². The third-order valence-electron chi connectivity index (χ3n) is 4.80. The Balaban J connectivity index is 1.90. The first-order chi connectivity index (χ1) is 10.3. The average Bonchev–Trinajstić information content (AvgIpc) is 2.82. The van der Waals surface area contributed by atoms with Gasteiger partial charge in [-0.2, -0.15) is 0 Å². The largest absolute Gasteiger partial charge is 0.333 e. The molecule has 0 radical (unpaired) electrons. The molecule has 0 saturated heterocycles. The van der Waals surface area contributed by atoms with Crippen molar-refractivity contribution < 1.29 is 0 Å². The lowest BCUT2D eigenvalue weighted by atomic mass is 9.83. The number of para-hydroxylation sites is 2. The molecule has 0 spiro atoms. The fourth-order valence-electron chi connectivity index (χ4n) is 3.64. The van der Waals surface area contributed by atoms with Gasteiger partial charge in [-0.25, -0.2) is 0 Å². The Morgan fingerprint density at radius 1 is 1.00 bits per heavy atom. The van der Waals surface area contributed by atoms with E-state index in [1.807, 2.05) is 0 Å².